The number of halogens is 1. The molecule has 1 unspecified atom stereocenters. The van der Waals surface area contributed by atoms with Gasteiger partial charge in [-0.05, 0) is 58.2 Å². The quantitative estimate of drug-likeness (QED) is 0.551. The van der Waals surface area contributed by atoms with Crippen LogP contribution in [0.4, 0.5) is 0 Å². The third-order valence-corrected chi connectivity index (χ3v) is 4.39. The topological polar surface area (TPSA) is 30.8 Å². The molecule has 20 heavy (non-hydrogen) atoms. The largest absolute Gasteiger partial charge is 0.492 e. The molecule has 0 N–H and O–H groups in total. The van der Waals surface area contributed by atoms with Crippen LogP contribution in [-0.2, 0) is 11.2 Å². The van der Waals surface area contributed by atoms with Gasteiger partial charge in [0.05, 0.1) is 16.2 Å². The van der Waals surface area contributed by atoms with Crippen molar-refractivity contribution in [2.24, 2.45) is 10.9 Å². The van der Waals surface area contributed by atoms with Crippen LogP contribution in [0.25, 0.3) is 0 Å². The lowest BCUT2D eigenvalue weighted by Crippen LogP contribution is -2.21. The summed E-state index contributed by atoms with van der Waals surface area (Å²) in [6, 6.07) is 4.75. The first kappa shape index (κ1) is 15.8. The fraction of sp³-hybridized carbons (Fsp3) is 0.562. The Balaban J connectivity index is 2.09. The minimum Gasteiger partial charge on any atom is -0.492 e. The van der Waals surface area contributed by atoms with Gasteiger partial charge in [-0.25, -0.2) is 0 Å². The number of hydrogen-bond donors (Lipinski definition) is 0. The van der Waals surface area contributed by atoms with Gasteiger partial charge in [-0.1, -0.05) is 13.8 Å². The molecule has 2 rings (SSSR count). The Kier molecular flexibility index (Phi) is 5.84. The van der Waals surface area contributed by atoms with Crippen LogP contribution in [0.1, 0.15) is 31.4 Å². The van der Waals surface area contributed by atoms with E-state index in [1.165, 1.54) is 11.1 Å². The maximum Gasteiger partial charge on any atom is 0.132 e. The number of hydrogen-bond acceptors (Lipinski definition) is 3. The fourth-order valence-corrected chi connectivity index (χ4v) is 2.91. The Morgan fingerprint density at radius 3 is 2.85 bits per heavy atom. The van der Waals surface area contributed by atoms with Gasteiger partial charge in [0.15, 0.2) is 0 Å². The van der Waals surface area contributed by atoms with E-state index in [1.807, 2.05) is 6.21 Å². The third-order valence-electron chi connectivity index (χ3n) is 3.55. The molecular formula is C16H22INO2. The van der Waals surface area contributed by atoms with E-state index in [0.29, 0.717) is 18.6 Å². The van der Waals surface area contributed by atoms with E-state index in [9.17, 15) is 0 Å². The van der Waals surface area contributed by atoms with Crippen LogP contribution >= 0.6 is 22.6 Å². The first-order valence-corrected chi connectivity index (χ1v) is 8.17. The first-order chi connectivity index (χ1) is 9.61. The lowest BCUT2D eigenvalue weighted by molar-refractivity contribution is 0.172. The van der Waals surface area contributed by atoms with Crippen molar-refractivity contribution in [3.63, 3.8) is 0 Å². The molecule has 0 aliphatic carbocycles. The van der Waals surface area contributed by atoms with Gasteiger partial charge < -0.3 is 9.47 Å². The number of methoxy groups -OCH3 is 1. The molecule has 0 bridgehead atoms. The summed E-state index contributed by atoms with van der Waals surface area (Å²) in [5, 5.41) is 0. The summed E-state index contributed by atoms with van der Waals surface area (Å²) in [5.74, 6) is 1.56. The number of nitrogens with zero attached hydrogens (tertiary/aromatic N) is 1. The van der Waals surface area contributed by atoms with Crippen LogP contribution in [0.3, 0.4) is 0 Å². The van der Waals surface area contributed by atoms with Crippen molar-refractivity contribution in [3.8, 4) is 5.75 Å². The average Bonchev–Trinajstić information content (AvgIpc) is 2.43. The van der Waals surface area contributed by atoms with E-state index in [1.54, 1.807) is 7.11 Å². The highest BCUT2D eigenvalue weighted by Crippen LogP contribution is 2.29. The Bertz CT molecular complexity index is 486. The molecule has 0 aromatic heterocycles. The van der Waals surface area contributed by atoms with E-state index in [-0.39, 0.29) is 0 Å². The van der Waals surface area contributed by atoms with Crippen LogP contribution < -0.4 is 4.74 Å². The molecule has 1 atom stereocenters. The van der Waals surface area contributed by atoms with E-state index in [4.69, 9.17) is 9.47 Å². The molecule has 1 aliphatic rings. The number of benzene rings is 1. The second-order valence-corrected chi connectivity index (χ2v) is 6.63. The summed E-state index contributed by atoms with van der Waals surface area (Å²) < 4.78 is 12.1. The van der Waals surface area contributed by atoms with Crippen molar-refractivity contribution in [2.45, 2.75) is 32.7 Å². The second-order valence-electron chi connectivity index (χ2n) is 5.47. The lowest BCUT2D eigenvalue weighted by atomic mass is 9.92. The number of aliphatic imine (C=N–C) groups is 1. The summed E-state index contributed by atoms with van der Waals surface area (Å²) in [5.41, 5.74) is 2.58. The maximum atomic E-state index is 5.87. The van der Waals surface area contributed by atoms with Crippen LogP contribution in [0, 0.1) is 9.49 Å². The van der Waals surface area contributed by atoms with Crippen LogP contribution in [0.15, 0.2) is 17.1 Å². The van der Waals surface area contributed by atoms with Crippen LogP contribution in [-0.4, -0.2) is 32.6 Å². The molecule has 1 aromatic carbocycles. The zero-order valence-corrected chi connectivity index (χ0v) is 14.5. The Labute approximate surface area is 134 Å². The molecule has 1 aliphatic heterocycles. The van der Waals surface area contributed by atoms with Gasteiger partial charge in [0.1, 0.15) is 5.75 Å². The summed E-state index contributed by atoms with van der Waals surface area (Å²) >= 11 is 2.33. The van der Waals surface area contributed by atoms with Crippen molar-refractivity contribution in [2.75, 3.05) is 20.3 Å². The minimum atomic E-state index is 0.393. The van der Waals surface area contributed by atoms with Crippen molar-refractivity contribution in [3.05, 3.63) is 26.8 Å². The van der Waals surface area contributed by atoms with E-state index in [2.05, 4.69) is 53.6 Å². The van der Waals surface area contributed by atoms with Gasteiger partial charge in [-0.15, -0.1) is 0 Å². The summed E-state index contributed by atoms with van der Waals surface area (Å²) in [6.07, 6.45) is 3.94. The molecule has 3 nitrogen and oxygen atoms in total. The maximum absolute atomic E-state index is 5.87. The SMILES string of the molecule is COCCCOc1cc2c(cc1I)C=NC(C(C)C)C2. The normalized spacial score (nSPS) is 17.4. The molecular weight excluding hydrogens is 365 g/mol. The van der Waals surface area contributed by atoms with Crippen molar-refractivity contribution >= 4 is 28.8 Å². The molecule has 0 saturated heterocycles. The summed E-state index contributed by atoms with van der Waals surface area (Å²) in [4.78, 5) is 4.64. The standard InChI is InChI=1S/C16H22INO2/c1-11(2)15-8-12-9-16(20-6-4-5-19-3)14(17)7-13(12)10-18-15/h7,9-11,15H,4-6,8H2,1-3H3. The molecule has 0 radical (unpaired) electrons. The van der Waals surface area contributed by atoms with Crippen molar-refractivity contribution < 1.29 is 9.47 Å². The smallest absolute Gasteiger partial charge is 0.132 e. The van der Waals surface area contributed by atoms with Gasteiger partial charge >= 0.3 is 0 Å². The Hall–Kier alpha value is -0.620. The van der Waals surface area contributed by atoms with Crippen molar-refractivity contribution in [1.29, 1.82) is 0 Å². The Morgan fingerprint density at radius 1 is 1.35 bits per heavy atom. The number of ether oxygens (including phenoxy) is 2. The molecule has 110 valence electrons. The molecule has 0 amide bonds. The lowest BCUT2D eigenvalue weighted by Gasteiger charge is -2.23. The Morgan fingerprint density at radius 2 is 2.15 bits per heavy atom. The van der Waals surface area contributed by atoms with E-state index in [0.717, 1.165) is 28.8 Å². The highest BCUT2D eigenvalue weighted by atomic mass is 127. The minimum absolute atomic E-state index is 0.393. The number of rotatable bonds is 6. The zero-order valence-electron chi connectivity index (χ0n) is 12.4. The second kappa shape index (κ2) is 7.41. The molecule has 0 spiro atoms. The van der Waals surface area contributed by atoms with Gasteiger partial charge in [0.25, 0.3) is 0 Å². The van der Waals surface area contributed by atoms with Gasteiger partial charge in [0.2, 0.25) is 0 Å². The third kappa shape index (κ3) is 3.95. The molecule has 4 heteroatoms. The van der Waals surface area contributed by atoms with Gasteiger partial charge in [-0.2, -0.15) is 0 Å². The van der Waals surface area contributed by atoms with Crippen LogP contribution in [0.2, 0.25) is 0 Å². The summed E-state index contributed by atoms with van der Waals surface area (Å²) in [6.45, 7) is 5.89. The van der Waals surface area contributed by atoms with Crippen LogP contribution in [0.5, 0.6) is 5.75 Å². The zero-order chi connectivity index (χ0) is 14.5. The predicted molar refractivity (Wildman–Crippen MR) is 91.1 cm³/mol. The van der Waals surface area contributed by atoms with Gasteiger partial charge in [0, 0.05) is 26.4 Å². The predicted octanol–water partition coefficient (Wildman–Crippen LogP) is 3.71. The number of fused-ring (bicyclic) bond motifs is 1. The molecule has 1 aromatic rings. The van der Waals surface area contributed by atoms with E-state index < -0.39 is 0 Å². The fourth-order valence-electron chi connectivity index (χ4n) is 2.27. The molecule has 0 saturated carbocycles. The summed E-state index contributed by atoms with van der Waals surface area (Å²) in [7, 11) is 1.72. The van der Waals surface area contributed by atoms with Crippen molar-refractivity contribution in [1.82, 2.24) is 0 Å². The monoisotopic (exact) mass is 387 g/mol. The van der Waals surface area contributed by atoms with E-state index >= 15 is 0 Å². The van der Waals surface area contributed by atoms with Gasteiger partial charge in [-0.3, -0.25) is 4.99 Å². The first-order valence-electron chi connectivity index (χ1n) is 7.09. The molecule has 0 fully saturated rings. The molecule has 1 heterocycles. The highest BCUT2D eigenvalue weighted by Gasteiger charge is 2.19. The average molecular weight is 387 g/mol. The highest BCUT2D eigenvalue weighted by molar-refractivity contribution is 14.1.